The first-order valence-electron chi connectivity index (χ1n) is 6.22. The number of halogens is 2. The minimum atomic E-state index is 0.698. The van der Waals surface area contributed by atoms with Crippen molar-refractivity contribution in [2.45, 2.75) is 6.92 Å². The number of rotatable bonds is 2. The molecule has 1 aromatic heterocycles. The number of hydrogen-bond donors (Lipinski definition) is 1. The maximum absolute atomic E-state index is 6.22. The Bertz CT molecular complexity index is 747. The highest BCUT2D eigenvalue weighted by molar-refractivity contribution is 9.10. The zero-order valence-corrected chi connectivity index (χ0v) is 13.2. The van der Waals surface area contributed by atoms with Crippen LogP contribution in [0, 0.1) is 6.92 Å². The number of aromatic nitrogens is 2. The molecule has 0 radical (unpaired) electrons. The lowest BCUT2D eigenvalue weighted by molar-refractivity contribution is 1.26. The quantitative estimate of drug-likeness (QED) is 0.654. The molecule has 0 unspecified atom stereocenters. The lowest BCUT2D eigenvalue weighted by Gasteiger charge is -1.99. The van der Waals surface area contributed by atoms with E-state index in [9.17, 15) is 0 Å². The van der Waals surface area contributed by atoms with Gasteiger partial charge < -0.3 is 4.98 Å². The third-order valence-electron chi connectivity index (χ3n) is 3.13. The number of aryl methyl sites for hydroxylation is 1. The smallest absolute Gasteiger partial charge is 0.139 e. The first-order valence-corrected chi connectivity index (χ1v) is 7.39. The molecule has 0 spiro atoms. The molecule has 1 heterocycles. The summed E-state index contributed by atoms with van der Waals surface area (Å²) >= 11 is 9.66. The highest BCUT2D eigenvalue weighted by Gasteiger charge is 2.12. The van der Waals surface area contributed by atoms with Crippen LogP contribution in [-0.4, -0.2) is 9.97 Å². The highest BCUT2D eigenvalue weighted by Crippen LogP contribution is 2.30. The Morgan fingerprint density at radius 1 is 1.05 bits per heavy atom. The molecule has 0 aliphatic carbocycles. The predicted molar refractivity (Wildman–Crippen MR) is 86.9 cm³/mol. The van der Waals surface area contributed by atoms with Crippen LogP contribution in [0.1, 0.15) is 5.69 Å². The van der Waals surface area contributed by atoms with Crippen LogP contribution in [-0.2, 0) is 0 Å². The molecule has 0 fully saturated rings. The third-order valence-corrected chi connectivity index (χ3v) is 3.99. The number of hydrogen-bond acceptors (Lipinski definition) is 1. The molecule has 4 heteroatoms. The van der Waals surface area contributed by atoms with Crippen LogP contribution >= 0.6 is 27.5 Å². The maximum Gasteiger partial charge on any atom is 0.139 e. The lowest BCUT2D eigenvalue weighted by Crippen LogP contribution is -1.82. The Balaban J connectivity index is 2.08. The van der Waals surface area contributed by atoms with Gasteiger partial charge in [0.2, 0.25) is 0 Å². The summed E-state index contributed by atoms with van der Waals surface area (Å²) in [6, 6.07) is 15.8. The Morgan fingerprint density at radius 3 is 2.45 bits per heavy atom. The van der Waals surface area contributed by atoms with E-state index >= 15 is 0 Å². The first kappa shape index (κ1) is 13.4. The van der Waals surface area contributed by atoms with E-state index in [4.69, 9.17) is 11.6 Å². The summed E-state index contributed by atoms with van der Waals surface area (Å²) in [6.45, 7) is 2.02. The fraction of sp³-hybridized carbons (Fsp3) is 0.0625. The molecular formula is C16H12BrClN2. The van der Waals surface area contributed by atoms with Gasteiger partial charge in [0.1, 0.15) is 5.82 Å². The van der Waals surface area contributed by atoms with Gasteiger partial charge in [-0.1, -0.05) is 51.8 Å². The monoisotopic (exact) mass is 346 g/mol. The molecule has 0 saturated carbocycles. The molecule has 0 aliphatic rings. The Kier molecular flexibility index (Phi) is 3.64. The largest absolute Gasteiger partial charge is 0.341 e. The summed E-state index contributed by atoms with van der Waals surface area (Å²) in [4.78, 5) is 7.99. The van der Waals surface area contributed by atoms with Crippen LogP contribution in [0.5, 0.6) is 0 Å². The molecular weight excluding hydrogens is 336 g/mol. The molecule has 1 N–H and O–H groups in total. The van der Waals surface area contributed by atoms with Crippen LogP contribution < -0.4 is 0 Å². The second-order valence-electron chi connectivity index (χ2n) is 4.55. The highest BCUT2D eigenvalue weighted by atomic mass is 79.9. The van der Waals surface area contributed by atoms with Crippen LogP contribution in [0.25, 0.3) is 22.6 Å². The zero-order chi connectivity index (χ0) is 14.1. The average Bonchev–Trinajstić information content (AvgIpc) is 2.82. The van der Waals surface area contributed by atoms with Crippen LogP contribution in [0.3, 0.4) is 0 Å². The maximum atomic E-state index is 6.22. The van der Waals surface area contributed by atoms with Gasteiger partial charge in [-0.2, -0.15) is 0 Å². The summed E-state index contributed by atoms with van der Waals surface area (Å²) < 4.78 is 1.06. The first-order chi connectivity index (χ1) is 9.65. The summed E-state index contributed by atoms with van der Waals surface area (Å²) in [5.41, 5.74) is 3.98. The van der Waals surface area contributed by atoms with E-state index in [-0.39, 0.29) is 0 Å². The number of nitrogens with zero attached hydrogens (tertiary/aromatic N) is 1. The van der Waals surface area contributed by atoms with Crippen molar-refractivity contribution in [3.8, 4) is 22.6 Å². The van der Waals surface area contributed by atoms with Crippen LogP contribution in [0.15, 0.2) is 53.0 Å². The average molecular weight is 348 g/mol. The molecule has 3 rings (SSSR count). The van der Waals surface area contributed by atoms with Crippen molar-refractivity contribution in [1.82, 2.24) is 9.97 Å². The van der Waals surface area contributed by atoms with E-state index in [0.29, 0.717) is 5.02 Å². The van der Waals surface area contributed by atoms with E-state index in [1.807, 2.05) is 55.5 Å². The Morgan fingerprint density at radius 2 is 1.75 bits per heavy atom. The molecule has 0 aliphatic heterocycles. The number of nitrogens with one attached hydrogen (secondary N) is 1. The summed E-state index contributed by atoms with van der Waals surface area (Å²) in [6.07, 6.45) is 0. The molecule has 3 aromatic rings. The van der Waals surface area contributed by atoms with Crippen LogP contribution in [0.4, 0.5) is 0 Å². The van der Waals surface area contributed by atoms with Crippen LogP contribution in [0.2, 0.25) is 5.02 Å². The summed E-state index contributed by atoms with van der Waals surface area (Å²) in [7, 11) is 0. The predicted octanol–water partition coefficient (Wildman–Crippen LogP) is 5.47. The van der Waals surface area contributed by atoms with Gasteiger partial charge in [-0.05, 0) is 31.2 Å². The molecule has 0 saturated heterocycles. The van der Waals surface area contributed by atoms with Gasteiger partial charge >= 0.3 is 0 Å². The molecule has 0 amide bonds. The standard InChI is InChI=1S/C16H12BrClN2/c1-10-15(11-6-8-12(17)9-7-11)20-16(19-10)13-4-2-3-5-14(13)18/h2-9H,1H3,(H,19,20). The molecule has 20 heavy (non-hydrogen) atoms. The second kappa shape index (κ2) is 5.43. The fourth-order valence-electron chi connectivity index (χ4n) is 2.13. The third kappa shape index (κ3) is 2.51. The fourth-order valence-corrected chi connectivity index (χ4v) is 2.62. The summed E-state index contributed by atoms with van der Waals surface area (Å²) in [5.74, 6) is 0.797. The molecule has 2 aromatic carbocycles. The minimum absolute atomic E-state index is 0.698. The van der Waals surface area contributed by atoms with Gasteiger partial charge in [-0.15, -0.1) is 0 Å². The van der Waals surface area contributed by atoms with Gasteiger partial charge in [-0.25, -0.2) is 4.98 Å². The molecule has 0 atom stereocenters. The van der Waals surface area contributed by atoms with E-state index in [0.717, 1.165) is 32.8 Å². The van der Waals surface area contributed by atoms with Gasteiger partial charge in [0, 0.05) is 21.3 Å². The van der Waals surface area contributed by atoms with Gasteiger partial charge in [0.25, 0.3) is 0 Å². The van der Waals surface area contributed by atoms with Gasteiger partial charge in [0.15, 0.2) is 0 Å². The number of H-pyrrole nitrogens is 1. The van der Waals surface area contributed by atoms with Gasteiger partial charge in [-0.3, -0.25) is 0 Å². The van der Waals surface area contributed by atoms with Crippen molar-refractivity contribution in [2.75, 3.05) is 0 Å². The van der Waals surface area contributed by atoms with Crippen molar-refractivity contribution in [2.24, 2.45) is 0 Å². The van der Waals surface area contributed by atoms with Gasteiger partial charge in [0.05, 0.1) is 10.7 Å². The normalized spacial score (nSPS) is 10.8. The van der Waals surface area contributed by atoms with Crippen molar-refractivity contribution >= 4 is 27.5 Å². The van der Waals surface area contributed by atoms with E-state index in [1.165, 1.54) is 0 Å². The number of aromatic amines is 1. The van der Waals surface area contributed by atoms with E-state index in [1.54, 1.807) is 0 Å². The Hall–Kier alpha value is -1.58. The molecule has 100 valence electrons. The number of imidazole rings is 1. The molecule has 0 bridgehead atoms. The molecule has 2 nitrogen and oxygen atoms in total. The lowest BCUT2D eigenvalue weighted by atomic mass is 10.1. The van der Waals surface area contributed by atoms with Crippen molar-refractivity contribution < 1.29 is 0 Å². The topological polar surface area (TPSA) is 28.7 Å². The Labute approximate surface area is 131 Å². The van der Waals surface area contributed by atoms with Crippen molar-refractivity contribution in [1.29, 1.82) is 0 Å². The van der Waals surface area contributed by atoms with E-state index < -0.39 is 0 Å². The SMILES string of the molecule is Cc1[nH]c(-c2ccccc2Cl)nc1-c1ccc(Br)cc1. The van der Waals surface area contributed by atoms with E-state index in [2.05, 4.69) is 25.9 Å². The second-order valence-corrected chi connectivity index (χ2v) is 5.87. The summed E-state index contributed by atoms with van der Waals surface area (Å²) in [5, 5.41) is 0.698. The number of benzene rings is 2. The minimum Gasteiger partial charge on any atom is -0.341 e. The van der Waals surface area contributed by atoms with Crippen molar-refractivity contribution in [3.05, 3.63) is 63.7 Å². The van der Waals surface area contributed by atoms with Crippen molar-refractivity contribution in [3.63, 3.8) is 0 Å². The zero-order valence-electron chi connectivity index (χ0n) is 10.8.